The highest BCUT2D eigenvalue weighted by Gasteiger charge is 2.31. The van der Waals surface area contributed by atoms with E-state index >= 15 is 0 Å². The van der Waals surface area contributed by atoms with Gasteiger partial charge in [0, 0.05) is 38.8 Å². The number of hydrogen-bond acceptors (Lipinski definition) is 6. The van der Waals surface area contributed by atoms with Gasteiger partial charge in [0.2, 0.25) is 10.0 Å². The van der Waals surface area contributed by atoms with Crippen molar-refractivity contribution in [3.05, 3.63) is 18.2 Å². The topological polar surface area (TPSA) is 82.9 Å². The third-order valence-electron chi connectivity index (χ3n) is 4.07. The predicted octanol–water partition coefficient (Wildman–Crippen LogP) is 1.17. The summed E-state index contributed by atoms with van der Waals surface area (Å²) in [7, 11) is -0.718. The maximum Gasteiger partial charge on any atom is 0.246 e. The molecule has 8 heteroatoms. The van der Waals surface area contributed by atoms with Crippen LogP contribution >= 0.6 is 0 Å². The first-order valence-corrected chi connectivity index (χ1v) is 9.20. The molecule has 1 aliphatic heterocycles. The molecule has 0 saturated carbocycles. The van der Waals surface area contributed by atoms with E-state index in [1.807, 2.05) is 6.92 Å². The number of rotatable bonds is 6. The van der Waals surface area contributed by atoms with Crippen molar-refractivity contribution >= 4 is 10.0 Å². The molecule has 0 N–H and O–H groups in total. The fourth-order valence-electron chi connectivity index (χ4n) is 2.71. The molecule has 0 radical (unpaired) electrons. The van der Waals surface area contributed by atoms with Crippen molar-refractivity contribution in [1.82, 2.24) is 9.21 Å². The molecule has 0 spiro atoms. The monoisotopic (exact) mass is 353 g/mol. The molecule has 7 nitrogen and oxygen atoms in total. The number of nitrogens with zero attached hydrogens (tertiary/aromatic N) is 3. The normalized spacial score (nSPS) is 17.9. The second kappa shape index (κ2) is 7.83. The van der Waals surface area contributed by atoms with Gasteiger partial charge in [-0.1, -0.05) is 0 Å². The van der Waals surface area contributed by atoms with Crippen LogP contribution in [-0.4, -0.2) is 64.6 Å². The van der Waals surface area contributed by atoms with Gasteiger partial charge in [0.1, 0.15) is 16.4 Å². The quantitative estimate of drug-likeness (QED) is 0.763. The van der Waals surface area contributed by atoms with Gasteiger partial charge >= 0.3 is 0 Å². The largest absolute Gasteiger partial charge is 0.497 e. The van der Waals surface area contributed by atoms with E-state index in [0.29, 0.717) is 44.2 Å². The van der Waals surface area contributed by atoms with Crippen molar-refractivity contribution in [2.24, 2.45) is 5.92 Å². The van der Waals surface area contributed by atoms with Crippen molar-refractivity contribution in [3.63, 3.8) is 0 Å². The standard InChI is InChI=1S/C16H23N3O4S/c1-13(11-17)12-18-6-8-19(9-7-18)24(20,21)16-10-14(22-2)4-5-15(16)23-3/h4-5,10,13H,6-9,12H2,1-3H3/t13-/m0/s1. The summed E-state index contributed by atoms with van der Waals surface area (Å²) in [6.07, 6.45) is 0. The van der Waals surface area contributed by atoms with Crippen LogP contribution in [0, 0.1) is 17.2 Å². The molecular weight excluding hydrogens is 330 g/mol. The van der Waals surface area contributed by atoms with Gasteiger partial charge in [-0.05, 0) is 19.1 Å². The van der Waals surface area contributed by atoms with Crippen LogP contribution in [0.2, 0.25) is 0 Å². The van der Waals surface area contributed by atoms with Gasteiger partial charge in [0.25, 0.3) is 0 Å². The molecule has 0 aliphatic carbocycles. The van der Waals surface area contributed by atoms with E-state index in [1.165, 1.54) is 24.6 Å². The number of piperazine rings is 1. The summed E-state index contributed by atoms with van der Waals surface area (Å²) in [5, 5.41) is 8.89. The van der Waals surface area contributed by atoms with Crippen molar-refractivity contribution in [3.8, 4) is 17.6 Å². The molecule has 1 fully saturated rings. The number of ether oxygens (including phenoxy) is 2. The number of sulfonamides is 1. The van der Waals surface area contributed by atoms with Crippen molar-refractivity contribution in [2.45, 2.75) is 11.8 Å². The minimum absolute atomic E-state index is 0.0633. The Labute approximate surface area is 143 Å². The molecule has 1 aromatic rings. The third kappa shape index (κ3) is 3.98. The molecule has 24 heavy (non-hydrogen) atoms. The second-order valence-corrected chi connectivity index (χ2v) is 7.66. The van der Waals surface area contributed by atoms with Gasteiger partial charge in [-0.25, -0.2) is 8.42 Å². The zero-order valence-corrected chi connectivity index (χ0v) is 15.0. The van der Waals surface area contributed by atoms with Crippen LogP contribution in [0.25, 0.3) is 0 Å². The van der Waals surface area contributed by atoms with Crippen LogP contribution in [0.4, 0.5) is 0 Å². The Morgan fingerprint density at radius 1 is 1.21 bits per heavy atom. The average Bonchev–Trinajstić information content (AvgIpc) is 2.61. The average molecular weight is 353 g/mol. The lowest BCUT2D eigenvalue weighted by molar-refractivity contribution is 0.178. The first-order chi connectivity index (χ1) is 11.4. The number of nitriles is 1. The van der Waals surface area contributed by atoms with Crippen LogP contribution < -0.4 is 9.47 Å². The number of hydrogen-bond donors (Lipinski definition) is 0. The maximum atomic E-state index is 12.9. The fraction of sp³-hybridized carbons (Fsp3) is 0.562. The summed E-state index contributed by atoms with van der Waals surface area (Å²) in [5.41, 5.74) is 0. The lowest BCUT2D eigenvalue weighted by Crippen LogP contribution is -2.49. The van der Waals surface area contributed by atoms with E-state index in [0.717, 1.165) is 0 Å². The molecule has 0 unspecified atom stereocenters. The molecule has 132 valence electrons. The smallest absolute Gasteiger partial charge is 0.246 e. The molecule has 1 heterocycles. The van der Waals surface area contributed by atoms with Gasteiger partial charge in [-0.3, -0.25) is 4.90 Å². The minimum atomic E-state index is -3.66. The zero-order chi connectivity index (χ0) is 17.7. The molecule has 1 aromatic carbocycles. The second-order valence-electron chi connectivity index (χ2n) is 5.75. The number of benzene rings is 1. The van der Waals surface area contributed by atoms with Gasteiger partial charge in [-0.15, -0.1) is 0 Å². The van der Waals surface area contributed by atoms with Crippen LogP contribution in [0.3, 0.4) is 0 Å². The van der Waals surface area contributed by atoms with Crippen molar-refractivity contribution in [1.29, 1.82) is 5.26 Å². The van der Waals surface area contributed by atoms with Gasteiger partial charge in [0.15, 0.2) is 0 Å². The van der Waals surface area contributed by atoms with E-state index in [1.54, 1.807) is 12.1 Å². The first-order valence-electron chi connectivity index (χ1n) is 7.76. The van der Waals surface area contributed by atoms with E-state index in [9.17, 15) is 8.42 Å². The lowest BCUT2D eigenvalue weighted by Gasteiger charge is -2.34. The molecule has 1 saturated heterocycles. The van der Waals surface area contributed by atoms with Gasteiger partial charge in [-0.2, -0.15) is 9.57 Å². The zero-order valence-electron chi connectivity index (χ0n) is 14.2. The van der Waals surface area contributed by atoms with Gasteiger partial charge in [0.05, 0.1) is 26.2 Å². The Morgan fingerprint density at radius 3 is 2.42 bits per heavy atom. The summed E-state index contributed by atoms with van der Waals surface area (Å²) < 4.78 is 37.7. The SMILES string of the molecule is COc1ccc(OC)c(S(=O)(=O)N2CCN(C[C@@H](C)C#N)CC2)c1. The predicted molar refractivity (Wildman–Crippen MR) is 89.5 cm³/mol. The maximum absolute atomic E-state index is 12.9. The summed E-state index contributed by atoms with van der Waals surface area (Å²) >= 11 is 0. The molecule has 1 atom stereocenters. The molecule has 0 amide bonds. The minimum Gasteiger partial charge on any atom is -0.497 e. The van der Waals surface area contributed by atoms with Crippen LogP contribution in [0.5, 0.6) is 11.5 Å². The Balaban J connectivity index is 2.16. The summed E-state index contributed by atoms with van der Waals surface area (Å²) in [5.74, 6) is 0.707. The van der Waals surface area contributed by atoms with E-state index < -0.39 is 10.0 Å². The summed E-state index contributed by atoms with van der Waals surface area (Å²) in [6.45, 7) is 4.52. The van der Waals surface area contributed by atoms with E-state index in [2.05, 4.69) is 11.0 Å². The Morgan fingerprint density at radius 2 is 1.88 bits per heavy atom. The molecule has 1 aliphatic rings. The Kier molecular flexibility index (Phi) is 6.04. The third-order valence-corrected chi connectivity index (χ3v) is 5.99. The Bertz CT molecular complexity index is 707. The highest BCUT2D eigenvalue weighted by atomic mass is 32.2. The molecular formula is C16H23N3O4S. The summed E-state index contributed by atoms with van der Waals surface area (Å²) in [6, 6.07) is 6.95. The summed E-state index contributed by atoms with van der Waals surface area (Å²) in [4.78, 5) is 2.23. The van der Waals surface area contributed by atoms with Crippen LogP contribution in [0.15, 0.2) is 23.1 Å². The van der Waals surface area contributed by atoms with Crippen LogP contribution in [0.1, 0.15) is 6.92 Å². The first kappa shape index (κ1) is 18.5. The lowest BCUT2D eigenvalue weighted by atomic mass is 10.2. The molecule has 0 aromatic heterocycles. The highest BCUT2D eigenvalue weighted by molar-refractivity contribution is 7.89. The van der Waals surface area contributed by atoms with E-state index in [4.69, 9.17) is 14.7 Å². The number of methoxy groups -OCH3 is 2. The van der Waals surface area contributed by atoms with E-state index in [-0.39, 0.29) is 10.8 Å². The fourth-order valence-corrected chi connectivity index (χ4v) is 4.30. The highest BCUT2D eigenvalue weighted by Crippen LogP contribution is 2.31. The molecule has 2 rings (SSSR count). The van der Waals surface area contributed by atoms with Crippen molar-refractivity contribution in [2.75, 3.05) is 46.9 Å². The van der Waals surface area contributed by atoms with Crippen LogP contribution in [-0.2, 0) is 10.0 Å². The molecule has 0 bridgehead atoms. The Hall–Kier alpha value is -1.82. The van der Waals surface area contributed by atoms with Crippen molar-refractivity contribution < 1.29 is 17.9 Å². The van der Waals surface area contributed by atoms with Gasteiger partial charge < -0.3 is 9.47 Å².